The number of para-hydroxylation sites is 3. The second-order valence-corrected chi connectivity index (χ2v) is 7.24. The van der Waals surface area contributed by atoms with E-state index in [2.05, 4.69) is 21.2 Å². The number of rotatable bonds is 6. The first-order valence-electron chi connectivity index (χ1n) is 10.1. The van der Waals surface area contributed by atoms with Crippen LogP contribution < -0.4 is 20.6 Å². The molecule has 0 radical (unpaired) electrons. The van der Waals surface area contributed by atoms with Crippen molar-refractivity contribution in [2.45, 2.75) is 0 Å². The number of ether oxygens (including phenoxy) is 1. The summed E-state index contributed by atoms with van der Waals surface area (Å²) in [6.45, 7) is 4.77. The van der Waals surface area contributed by atoms with E-state index in [1.54, 1.807) is 25.3 Å². The quantitative estimate of drug-likeness (QED) is 0.633. The normalized spacial score (nSPS) is 14.6. The van der Waals surface area contributed by atoms with Gasteiger partial charge in [-0.05, 0) is 24.3 Å². The summed E-state index contributed by atoms with van der Waals surface area (Å²) in [4.78, 5) is 29.2. The van der Waals surface area contributed by atoms with Crippen LogP contribution in [0.4, 0.5) is 5.69 Å². The van der Waals surface area contributed by atoms with Gasteiger partial charge in [0.15, 0.2) is 0 Å². The Morgan fingerprint density at radius 3 is 2.60 bits per heavy atom. The SMILES string of the molecule is COc1ccccc1N1CCN(CCNC(=O)c2cc3ccccc3oc2=O)CC1. The van der Waals surface area contributed by atoms with Gasteiger partial charge in [0.05, 0.1) is 12.8 Å². The van der Waals surface area contributed by atoms with Gasteiger partial charge in [-0.25, -0.2) is 4.79 Å². The molecule has 1 amide bonds. The number of nitrogens with zero attached hydrogens (tertiary/aromatic N) is 2. The molecule has 2 aromatic carbocycles. The van der Waals surface area contributed by atoms with Crippen LogP contribution in [0.2, 0.25) is 0 Å². The highest BCUT2D eigenvalue weighted by atomic mass is 16.5. The van der Waals surface area contributed by atoms with Crippen molar-refractivity contribution in [2.24, 2.45) is 0 Å². The van der Waals surface area contributed by atoms with Gasteiger partial charge in [-0.1, -0.05) is 30.3 Å². The van der Waals surface area contributed by atoms with Gasteiger partial charge in [0.25, 0.3) is 5.91 Å². The van der Waals surface area contributed by atoms with Crippen molar-refractivity contribution in [2.75, 3.05) is 51.3 Å². The first-order valence-corrected chi connectivity index (χ1v) is 10.1. The number of fused-ring (bicyclic) bond motifs is 1. The number of piperazine rings is 1. The zero-order valence-electron chi connectivity index (χ0n) is 17.0. The molecular formula is C23H25N3O4. The predicted octanol–water partition coefficient (Wildman–Crippen LogP) is 2.35. The molecule has 0 atom stereocenters. The Kier molecular flexibility index (Phi) is 5.99. The number of benzene rings is 2. The fourth-order valence-corrected chi connectivity index (χ4v) is 3.75. The molecule has 0 spiro atoms. The highest BCUT2D eigenvalue weighted by molar-refractivity contribution is 5.96. The van der Waals surface area contributed by atoms with Crippen molar-refractivity contribution in [3.05, 3.63) is 70.6 Å². The first-order chi connectivity index (χ1) is 14.7. The highest BCUT2D eigenvalue weighted by Crippen LogP contribution is 2.28. The Hall–Kier alpha value is -3.32. The van der Waals surface area contributed by atoms with E-state index in [0.29, 0.717) is 12.1 Å². The maximum Gasteiger partial charge on any atom is 0.349 e. The molecule has 4 rings (SSSR count). The zero-order chi connectivity index (χ0) is 20.9. The molecule has 1 aliphatic rings. The lowest BCUT2D eigenvalue weighted by atomic mass is 10.2. The van der Waals surface area contributed by atoms with Crippen LogP contribution in [0.15, 0.2) is 63.8 Å². The molecular weight excluding hydrogens is 382 g/mol. The number of carbonyl (C=O) groups excluding carboxylic acids is 1. The molecule has 30 heavy (non-hydrogen) atoms. The van der Waals surface area contributed by atoms with E-state index in [1.807, 2.05) is 30.3 Å². The van der Waals surface area contributed by atoms with Crippen LogP contribution in [0.1, 0.15) is 10.4 Å². The molecule has 0 saturated carbocycles. The van der Waals surface area contributed by atoms with Crippen LogP contribution in [0.5, 0.6) is 5.75 Å². The summed E-state index contributed by atoms with van der Waals surface area (Å²) in [5, 5.41) is 3.57. The van der Waals surface area contributed by atoms with E-state index < -0.39 is 11.5 Å². The summed E-state index contributed by atoms with van der Waals surface area (Å²) in [6, 6.07) is 16.8. The van der Waals surface area contributed by atoms with E-state index in [0.717, 1.165) is 49.5 Å². The first kappa shape index (κ1) is 20.0. The van der Waals surface area contributed by atoms with Gasteiger partial charge in [0.2, 0.25) is 0 Å². The predicted molar refractivity (Wildman–Crippen MR) is 116 cm³/mol. The Labute approximate surface area is 174 Å². The largest absolute Gasteiger partial charge is 0.495 e. The average molecular weight is 407 g/mol. The van der Waals surface area contributed by atoms with Crippen molar-refractivity contribution >= 4 is 22.6 Å². The van der Waals surface area contributed by atoms with Crippen LogP contribution in [-0.4, -0.2) is 57.2 Å². The summed E-state index contributed by atoms with van der Waals surface area (Å²) in [7, 11) is 1.69. The Morgan fingerprint density at radius 2 is 1.80 bits per heavy atom. The lowest BCUT2D eigenvalue weighted by Gasteiger charge is -2.36. The maximum absolute atomic E-state index is 12.4. The zero-order valence-corrected chi connectivity index (χ0v) is 17.0. The monoisotopic (exact) mass is 407 g/mol. The Balaban J connectivity index is 1.29. The summed E-state index contributed by atoms with van der Waals surface area (Å²) in [6.07, 6.45) is 0. The Morgan fingerprint density at radius 1 is 1.07 bits per heavy atom. The minimum absolute atomic E-state index is 0.0368. The number of carbonyl (C=O) groups is 1. The number of hydrogen-bond donors (Lipinski definition) is 1. The topological polar surface area (TPSA) is 75.0 Å². The van der Waals surface area contributed by atoms with Crippen LogP contribution in [0.3, 0.4) is 0 Å². The number of hydrogen-bond acceptors (Lipinski definition) is 6. The van der Waals surface area contributed by atoms with Crippen LogP contribution in [0, 0.1) is 0 Å². The molecule has 3 aromatic rings. The molecule has 0 unspecified atom stereocenters. The van der Waals surface area contributed by atoms with Crippen LogP contribution in [0.25, 0.3) is 11.0 Å². The van der Waals surface area contributed by atoms with Gasteiger partial charge in [0, 0.05) is 44.7 Å². The van der Waals surface area contributed by atoms with E-state index >= 15 is 0 Å². The van der Waals surface area contributed by atoms with E-state index in [4.69, 9.17) is 9.15 Å². The molecule has 1 N–H and O–H groups in total. The third-order valence-electron chi connectivity index (χ3n) is 5.40. The second-order valence-electron chi connectivity index (χ2n) is 7.24. The van der Waals surface area contributed by atoms with E-state index in [9.17, 15) is 9.59 Å². The fraction of sp³-hybridized carbons (Fsp3) is 0.304. The number of methoxy groups -OCH3 is 1. The molecule has 7 nitrogen and oxygen atoms in total. The number of anilines is 1. The summed E-state index contributed by atoms with van der Waals surface area (Å²) in [5.41, 5.74) is 1.01. The fourth-order valence-electron chi connectivity index (χ4n) is 3.75. The van der Waals surface area contributed by atoms with E-state index in [-0.39, 0.29) is 5.56 Å². The van der Waals surface area contributed by atoms with Crippen molar-refractivity contribution < 1.29 is 13.9 Å². The van der Waals surface area contributed by atoms with Crippen molar-refractivity contribution in [3.8, 4) is 5.75 Å². The van der Waals surface area contributed by atoms with Crippen LogP contribution >= 0.6 is 0 Å². The molecule has 7 heteroatoms. The molecule has 1 saturated heterocycles. The molecule has 0 bridgehead atoms. The van der Waals surface area contributed by atoms with Crippen LogP contribution in [-0.2, 0) is 0 Å². The smallest absolute Gasteiger partial charge is 0.349 e. The molecule has 2 heterocycles. The van der Waals surface area contributed by atoms with Gasteiger partial charge in [-0.15, -0.1) is 0 Å². The second kappa shape index (κ2) is 9.00. The third-order valence-corrected chi connectivity index (χ3v) is 5.40. The lowest BCUT2D eigenvalue weighted by molar-refractivity contribution is 0.0944. The van der Waals surface area contributed by atoms with Crippen molar-refractivity contribution in [1.29, 1.82) is 0 Å². The summed E-state index contributed by atoms with van der Waals surface area (Å²) >= 11 is 0. The van der Waals surface area contributed by atoms with E-state index in [1.165, 1.54) is 0 Å². The van der Waals surface area contributed by atoms with Gasteiger partial charge < -0.3 is 19.4 Å². The summed E-state index contributed by atoms with van der Waals surface area (Å²) in [5.74, 6) is 0.481. The number of nitrogens with one attached hydrogen (secondary N) is 1. The van der Waals surface area contributed by atoms with Gasteiger partial charge >= 0.3 is 5.63 Å². The lowest BCUT2D eigenvalue weighted by Crippen LogP contribution is -2.48. The van der Waals surface area contributed by atoms with Crippen molar-refractivity contribution in [1.82, 2.24) is 10.2 Å². The molecule has 1 aromatic heterocycles. The minimum atomic E-state index is -0.614. The molecule has 1 aliphatic heterocycles. The maximum atomic E-state index is 12.4. The van der Waals surface area contributed by atoms with Gasteiger partial charge in [-0.2, -0.15) is 0 Å². The molecule has 1 fully saturated rings. The molecule has 156 valence electrons. The average Bonchev–Trinajstić information content (AvgIpc) is 2.79. The Bertz CT molecular complexity index is 1090. The van der Waals surface area contributed by atoms with Gasteiger partial charge in [0.1, 0.15) is 16.9 Å². The van der Waals surface area contributed by atoms with Gasteiger partial charge in [-0.3, -0.25) is 9.69 Å². The highest BCUT2D eigenvalue weighted by Gasteiger charge is 2.20. The number of amides is 1. The minimum Gasteiger partial charge on any atom is -0.495 e. The molecule has 0 aliphatic carbocycles. The third kappa shape index (κ3) is 4.31. The standard InChI is InChI=1S/C23H25N3O4/c1-29-21-9-5-3-7-19(21)26-14-12-25(13-15-26)11-10-24-22(27)18-16-17-6-2-4-8-20(17)30-23(18)28/h2-9,16H,10-15H2,1H3,(H,24,27). The summed E-state index contributed by atoms with van der Waals surface area (Å²) < 4.78 is 10.7. The van der Waals surface area contributed by atoms with Crippen molar-refractivity contribution in [3.63, 3.8) is 0 Å².